The monoisotopic (exact) mass is 592 g/mol. The van der Waals surface area contributed by atoms with Crippen molar-refractivity contribution in [2.75, 3.05) is 24.5 Å². The quantitative estimate of drug-likeness (QED) is 0.217. The first-order chi connectivity index (χ1) is 21.3. The Balaban J connectivity index is 1.43. The van der Waals surface area contributed by atoms with E-state index in [4.69, 9.17) is 0 Å². The smallest absolute Gasteiger partial charge is 0.407 e. The van der Waals surface area contributed by atoms with Gasteiger partial charge in [0.1, 0.15) is 11.2 Å². The molecule has 1 atom stereocenters. The molecule has 7 nitrogen and oxygen atoms in total. The number of aromatic nitrogens is 2. The summed E-state index contributed by atoms with van der Waals surface area (Å²) in [5.41, 5.74) is 1.32. The van der Waals surface area contributed by atoms with Crippen molar-refractivity contribution in [3.8, 4) is 0 Å². The van der Waals surface area contributed by atoms with Gasteiger partial charge < -0.3 is 14.9 Å². The summed E-state index contributed by atoms with van der Waals surface area (Å²) in [7, 11) is 0. The molecule has 1 N–H and O–H groups in total. The zero-order chi connectivity index (χ0) is 30.5. The van der Waals surface area contributed by atoms with Gasteiger partial charge in [0, 0.05) is 30.7 Å². The van der Waals surface area contributed by atoms with Crippen molar-refractivity contribution < 1.29 is 23.5 Å². The van der Waals surface area contributed by atoms with Gasteiger partial charge in [0.15, 0.2) is 0 Å². The summed E-state index contributed by atoms with van der Waals surface area (Å²) in [5, 5.41) is 14.4. The third kappa shape index (κ3) is 4.17. The molecular formula is C35H30F2N4O3. The zero-order valence-corrected chi connectivity index (χ0v) is 23.8. The number of fused-ring (bicyclic) bond motifs is 1. The van der Waals surface area contributed by atoms with Crippen LogP contribution in [0.3, 0.4) is 0 Å². The lowest BCUT2D eigenvalue weighted by molar-refractivity contribution is -0.124. The molecule has 0 radical (unpaired) electrons. The Labute approximate surface area is 252 Å². The average molecular weight is 593 g/mol. The first kappa shape index (κ1) is 27.8. The van der Waals surface area contributed by atoms with Crippen LogP contribution in [0.2, 0.25) is 0 Å². The summed E-state index contributed by atoms with van der Waals surface area (Å²) < 4.78 is 31.4. The molecule has 0 aliphatic carbocycles. The minimum atomic E-state index is -2.87. The second-order valence-corrected chi connectivity index (χ2v) is 11.5. The molecule has 1 spiro atoms. The summed E-state index contributed by atoms with van der Waals surface area (Å²) in [5.74, 6) is -0.168. The highest BCUT2D eigenvalue weighted by Gasteiger charge is 2.52. The molecule has 0 saturated carbocycles. The fraction of sp³-hybridized carbons (Fsp3) is 0.229. The van der Waals surface area contributed by atoms with Crippen LogP contribution in [0, 0.1) is 5.41 Å². The molecule has 222 valence electrons. The maximum absolute atomic E-state index is 14.8. The van der Waals surface area contributed by atoms with Crippen molar-refractivity contribution in [2.24, 2.45) is 5.41 Å². The molecule has 5 aromatic rings. The Morgan fingerprint density at radius 2 is 1.36 bits per heavy atom. The second-order valence-electron chi connectivity index (χ2n) is 11.5. The number of hydrogen-bond donors (Lipinski definition) is 1. The Bertz CT molecular complexity index is 1750. The predicted molar refractivity (Wildman–Crippen MR) is 163 cm³/mol. The van der Waals surface area contributed by atoms with Crippen LogP contribution < -0.4 is 4.90 Å². The molecule has 2 aliphatic heterocycles. The highest BCUT2D eigenvalue weighted by atomic mass is 19.3. The minimum absolute atomic E-state index is 0.147. The van der Waals surface area contributed by atoms with Crippen LogP contribution in [0.1, 0.15) is 41.7 Å². The van der Waals surface area contributed by atoms with Crippen molar-refractivity contribution >= 4 is 28.6 Å². The number of benzene rings is 4. The van der Waals surface area contributed by atoms with Gasteiger partial charge in [-0.3, -0.25) is 4.79 Å². The lowest BCUT2D eigenvalue weighted by Crippen LogP contribution is -2.38. The Morgan fingerprint density at radius 3 is 1.86 bits per heavy atom. The van der Waals surface area contributed by atoms with E-state index >= 15 is 0 Å². The van der Waals surface area contributed by atoms with Crippen LogP contribution in [0.5, 0.6) is 0 Å². The van der Waals surface area contributed by atoms with Gasteiger partial charge in [0.25, 0.3) is 6.43 Å². The summed E-state index contributed by atoms with van der Waals surface area (Å²) in [6.45, 7) is 0.836. The number of anilines is 1. The SMILES string of the molecule is O=C(O)N1CCC2(CCN(c3ccc4c(c3)c(C(F)F)nn4C(c3ccccc3)(c3ccccc3)c3ccccc3)C2=O)C1. The Morgan fingerprint density at radius 1 is 0.818 bits per heavy atom. The molecule has 0 bridgehead atoms. The summed E-state index contributed by atoms with van der Waals surface area (Å²) in [6.07, 6.45) is -2.95. The molecule has 2 aliphatic rings. The molecule has 7 rings (SSSR count). The maximum atomic E-state index is 14.8. The minimum Gasteiger partial charge on any atom is -0.465 e. The average Bonchev–Trinajstić information content (AvgIpc) is 3.75. The van der Waals surface area contributed by atoms with Crippen LogP contribution in [-0.4, -0.2) is 51.4 Å². The topological polar surface area (TPSA) is 78.7 Å². The third-order valence-corrected chi connectivity index (χ3v) is 9.24. The lowest BCUT2D eigenvalue weighted by Gasteiger charge is -2.37. The number of hydrogen-bond acceptors (Lipinski definition) is 3. The fourth-order valence-electron chi connectivity index (χ4n) is 7.10. The van der Waals surface area contributed by atoms with E-state index in [1.165, 1.54) is 4.90 Å². The van der Waals surface area contributed by atoms with Gasteiger partial charge in [-0.1, -0.05) is 91.0 Å². The van der Waals surface area contributed by atoms with Gasteiger partial charge in [0.05, 0.1) is 10.9 Å². The van der Waals surface area contributed by atoms with E-state index in [0.29, 0.717) is 37.1 Å². The van der Waals surface area contributed by atoms with Crippen LogP contribution in [0.15, 0.2) is 109 Å². The molecule has 1 unspecified atom stereocenters. The number of amides is 2. The van der Waals surface area contributed by atoms with Gasteiger partial charge in [-0.25, -0.2) is 18.3 Å². The summed E-state index contributed by atoms with van der Waals surface area (Å²) in [6, 6.07) is 34.4. The van der Waals surface area contributed by atoms with E-state index < -0.39 is 23.5 Å². The number of alkyl halides is 2. The lowest BCUT2D eigenvalue weighted by atomic mass is 9.77. The van der Waals surface area contributed by atoms with E-state index in [9.17, 15) is 23.5 Å². The first-order valence-electron chi connectivity index (χ1n) is 14.6. The second kappa shape index (κ2) is 10.6. The highest BCUT2D eigenvalue weighted by Crippen LogP contribution is 2.46. The van der Waals surface area contributed by atoms with Crippen LogP contribution in [0.4, 0.5) is 19.3 Å². The van der Waals surface area contributed by atoms with E-state index in [-0.39, 0.29) is 23.5 Å². The highest BCUT2D eigenvalue weighted by molar-refractivity contribution is 6.02. The van der Waals surface area contributed by atoms with Crippen LogP contribution in [0.25, 0.3) is 10.9 Å². The normalized spacial score (nSPS) is 18.7. The number of carbonyl (C=O) groups excluding carboxylic acids is 1. The number of carboxylic acid groups (broad SMARTS) is 1. The van der Waals surface area contributed by atoms with Crippen LogP contribution >= 0.6 is 0 Å². The van der Waals surface area contributed by atoms with Crippen molar-refractivity contribution in [3.63, 3.8) is 0 Å². The van der Waals surface area contributed by atoms with Crippen molar-refractivity contribution in [1.82, 2.24) is 14.7 Å². The fourth-order valence-corrected chi connectivity index (χ4v) is 7.10. The van der Waals surface area contributed by atoms with Crippen molar-refractivity contribution in [2.45, 2.75) is 24.8 Å². The molecular weight excluding hydrogens is 562 g/mol. The largest absolute Gasteiger partial charge is 0.465 e. The standard InChI is InChI=1S/C35H30F2N4O3/c36-31(37)30-28-22-27(40-21-19-34(32(40)42)18-20-39(23-34)33(43)44)16-17-29(28)41(38-30)35(24-10-4-1-5-11-24,25-12-6-2-7-13-25)26-14-8-3-9-15-26/h1-17,22,31H,18-21,23H2,(H,43,44). The number of halogens is 2. The number of rotatable bonds is 6. The van der Waals surface area contributed by atoms with Crippen molar-refractivity contribution in [1.29, 1.82) is 0 Å². The first-order valence-corrected chi connectivity index (χ1v) is 14.6. The molecule has 2 fully saturated rings. The van der Waals surface area contributed by atoms with E-state index in [1.54, 1.807) is 27.8 Å². The third-order valence-electron chi connectivity index (χ3n) is 9.24. The molecule has 3 heterocycles. The Kier molecular flexibility index (Phi) is 6.68. The van der Waals surface area contributed by atoms with E-state index in [2.05, 4.69) is 5.10 Å². The predicted octanol–water partition coefficient (Wildman–Crippen LogP) is 6.92. The van der Waals surface area contributed by atoms with Crippen LogP contribution in [-0.2, 0) is 10.3 Å². The van der Waals surface area contributed by atoms with Gasteiger partial charge >= 0.3 is 6.09 Å². The number of likely N-dealkylation sites (tertiary alicyclic amines) is 1. The molecule has 9 heteroatoms. The van der Waals surface area contributed by atoms with Gasteiger partial charge in [-0.05, 0) is 47.7 Å². The number of carbonyl (C=O) groups is 2. The molecule has 2 amide bonds. The zero-order valence-electron chi connectivity index (χ0n) is 23.8. The van der Waals surface area contributed by atoms with Gasteiger partial charge in [-0.15, -0.1) is 0 Å². The van der Waals surface area contributed by atoms with Crippen molar-refractivity contribution in [3.05, 3.63) is 132 Å². The summed E-state index contributed by atoms with van der Waals surface area (Å²) >= 11 is 0. The number of nitrogens with zero attached hydrogens (tertiary/aromatic N) is 4. The van der Waals surface area contributed by atoms with E-state index in [0.717, 1.165) is 16.7 Å². The molecule has 4 aromatic carbocycles. The van der Waals surface area contributed by atoms with Gasteiger partial charge in [0.2, 0.25) is 5.91 Å². The molecule has 2 saturated heterocycles. The van der Waals surface area contributed by atoms with E-state index in [1.807, 2.05) is 91.0 Å². The Hall–Kier alpha value is -5.05. The summed E-state index contributed by atoms with van der Waals surface area (Å²) in [4.78, 5) is 28.2. The molecule has 44 heavy (non-hydrogen) atoms. The molecule has 1 aromatic heterocycles. The maximum Gasteiger partial charge on any atom is 0.407 e. The van der Waals surface area contributed by atoms with Gasteiger partial charge in [-0.2, -0.15) is 5.10 Å².